The zero-order chi connectivity index (χ0) is 10.1. The van der Waals surface area contributed by atoms with Crippen molar-refractivity contribution in [3.8, 4) is 0 Å². The van der Waals surface area contributed by atoms with E-state index in [1.807, 2.05) is 0 Å². The molecule has 0 saturated heterocycles. The first-order chi connectivity index (χ1) is 5.93. The molecule has 0 atom stereocenters. The van der Waals surface area contributed by atoms with Crippen LogP contribution in [0, 0.1) is 0 Å². The van der Waals surface area contributed by atoms with Gasteiger partial charge < -0.3 is 0 Å². The molecule has 6 heteroatoms. The summed E-state index contributed by atoms with van der Waals surface area (Å²) in [5.74, 6) is 0. The van der Waals surface area contributed by atoms with E-state index in [1.54, 1.807) is 0 Å². The molecule has 0 aliphatic heterocycles. The minimum atomic E-state index is -4.50. The molecule has 1 rings (SSSR count). The highest BCUT2D eigenvalue weighted by Gasteiger charge is 2.34. The van der Waals surface area contributed by atoms with Crippen LogP contribution in [-0.2, 0) is 6.18 Å². The molecule has 0 N–H and O–H groups in total. The summed E-state index contributed by atoms with van der Waals surface area (Å²) in [5, 5.41) is 0. The first-order valence-corrected chi connectivity index (χ1v) is 4.22. The minimum absolute atomic E-state index is 0.407. The van der Waals surface area contributed by atoms with Crippen LogP contribution in [0.3, 0.4) is 0 Å². The van der Waals surface area contributed by atoms with E-state index in [4.69, 9.17) is 0 Å². The van der Waals surface area contributed by atoms with E-state index in [-0.39, 0.29) is 0 Å². The Morgan fingerprint density at radius 3 is 2.46 bits per heavy atom. The van der Waals surface area contributed by atoms with Gasteiger partial charge in [0, 0.05) is 35.0 Å². The number of hydrogen-bond donors (Lipinski definition) is 0. The van der Waals surface area contributed by atoms with Gasteiger partial charge >= 0.3 is 6.18 Å². The molecule has 0 aromatic carbocycles. The normalized spacial score (nSPS) is 11.4. The van der Waals surface area contributed by atoms with Crippen molar-refractivity contribution in [3.63, 3.8) is 0 Å². The molecule has 1 aromatic heterocycles. The average molecular weight is 301 g/mol. The summed E-state index contributed by atoms with van der Waals surface area (Å²) in [6, 6.07) is 0.784. The van der Waals surface area contributed by atoms with E-state index in [0.717, 1.165) is 18.5 Å². The molecule has 0 amide bonds. The second kappa shape index (κ2) is 3.60. The van der Waals surface area contributed by atoms with Gasteiger partial charge in [0.25, 0.3) is 0 Å². The van der Waals surface area contributed by atoms with E-state index >= 15 is 0 Å². The van der Waals surface area contributed by atoms with Crippen molar-refractivity contribution in [1.29, 1.82) is 0 Å². The number of pyridine rings is 1. The molecule has 0 radical (unpaired) electrons. The Morgan fingerprint density at radius 2 is 2.08 bits per heavy atom. The largest absolute Gasteiger partial charge is 0.417 e. The zero-order valence-corrected chi connectivity index (χ0v) is 8.26. The highest BCUT2D eigenvalue weighted by Crippen LogP contribution is 2.32. The summed E-state index contributed by atoms with van der Waals surface area (Å²) >= 11 is 1.30. The van der Waals surface area contributed by atoms with Crippen LogP contribution in [0.4, 0.5) is 13.2 Å². The molecule has 1 aromatic rings. The van der Waals surface area contributed by atoms with Gasteiger partial charge in [-0.3, -0.25) is 9.78 Å². The fraction of sp³-hybridized carbons (Fsp3) is 0.143. The van der Waals surface area contributed by atoms with Crippen LogP contribution in [0.1, 0.15) is 15.9 Å². The van der Waals surface area contributed by atoms with Gasteiger partial charge in [-0.05, 0) is 6.07 Å². The maximum atomic E-state index is 12.2. The quantitative estimate of drug-likeness (QED) is 0.589. The highest BCUT2D eigenvalue weighted by molar-refractivity contribution is 14.1. The fourth-order valence-electron chi connectivity index (χ4n) is 0.798. The Kier molecular flexibility index (Phi) is 2.89. The number of rotatable bonds is 1. The summed E-state index contributed by atoms with van der Waals surface area (Å²) < 4.78 is 36.0. The van der Waals surface area contributed by atoms with Crippen LogP contribution in [0.2, 0.25) is 0 Å². The maximum absolute atomic E-state index is 12.2. The Labute approximate surface area is 85.3 Å². The second-order valence-electron chi connectivity index (χ2n) is 2.19. The predicted molar refractivity (Wildman–Crippen MR) is 47.6 cm³/mol. The van der Waals surface area contributed by atoms with Gasteiger partial charge in [-0.2, -0.15) is 13.2 Å². The predicted octanol–water partition coefficient (Wildman–Crippen LogP) is 2.68. The molecule has 70 valence electrons. The number of aromatic nitrogens is 1. The second-order valence-corrected chi connectivity index (χ2v) is 3.17. The van der Waals surface area contributed by atoms with E-state index in [9.17, 15) is 18.0 Å². The smallest absolute Gasteiger partial charge is 0.282 e. The van der Waals surface area contributed by atoms with E-state index < -0.39 is 21.1 Å². The van der Waals surface area contributed by atoms with Gasteiger partial charge in [-0.1, -0.05) is 0 Å². The van der Waals surface area contributed by atoms with Crippen LogP contribution in [0.5, 0.6) is 0 Å². The van der Waals surface area contributed by atoms with E-state index in [2.05, 4.69) is 4.98 Å². The van der Waals surface area contributed by atoms with Crippen LogP contribution in [0.25, 0.3) is 0 Å². The van der Waals surface area contributed by atoms with Crippen molar-refractivity contribution in [2.45, 2.75) is 6.18 Å². The SMILES string of the molecule is O=C(I)c1cnccc1C(F)(F)F. The Hall–Kier alpha value is -0.660. The van der Waals surface area contributed by atoms with Gasteiger partial charge in [-0.25, -0.2) is 0 Å². The van der Waals surface area contributed by atoms with Gasteiger partial charge in [0.2, 0.25) is 3.79 Å². The third-order valence-corrected chi connectivity index (χ3v) is 1.92. The van der Waals surface area contributed by atoms with Crippen LogP contribution in [0.15, 0.2) is 18.5 Å². The molecule has 0 saturated carbocycles. The summed E-state index contributed by atoms with van der Waals surface area (Å²) in [4.78, 5) is 14.2. The van der Waals surface area contributed by atoms with Crippen LogP contribution >= 0.6 is 22.6 Å². The lowest BCUT2D eigenvalue weighted by Gasteiger charge is -2.08. The van der Waals surface area contributed by atoms with Gasteiger partial charge in [0.15, 0.2) is 0 Å². The van der Waals surface area contributed by atoms with E-state index in [0.29, 0.717) is 0 Å². The number of alkyl halides is 3. The number of nitrogens with zero attached hydrogens (tertiary/aromatic N) is 1. The summed E-state index contributed by atoms with van der Waals surface area (Å²) in [5.41, 5.74) is -1.35. The number of carbonyl (C=O) groups is 1. The third kappa shape index (κ3) is 2.39. The molecule has 0 aliphatic carbocycles. The van der Waals surface area contributed by atoms with Crippen molar-refractivity contribution in [3.05, 3.63) is 29.6 Å². The fourth-order valence-corrected chi connectivity index (χ4v) is 1.23. The lowest BCUT2D eigenvalue weighted by Crippen LogP contribution is -2.10. The number of carbonyl (C=O) groups excluding carboxylic acids is 1. The topological polar surface area (TPSA) is 30.0 Å². The number of halogens is 4. The summed E-state index contributed by atoms with van der Waals surface area (Å²) in [7, 11) is 0. The molecular formula is C7H3F3INO. The average Bonchev–Trinajstić information content (AvgIpc) is 2.03. The van der Waals surface area contributed by atoms with Crippen molar-refractivity contribution >= 4 is 26.4 Å². The summed E-state index contributed by atoms with van der Waals surface area (Å²) in [6.07, 6.45) is -2.58. The van der Waals surface area contributed by atoms with E-state index in [1.165, 1.54) is 22.6 Å². The molecule has 0 unspecified atom stereocenters. The third-order valence-electron chi connectivity index (χ3n) is 1.34. The molecule has 13 heavy (non-hydrogen) atoms. The molecule has 2 nitrogen and oxygen atoms in total. The first-order valence-electron chi connectivity index (χ1n) is 3.14. The maximum Gasteiger partial charge on any atom is 0.417 e. The molecule has 0 spiro atoms. The zero-order valence-electron chi connectivity index (χ0n) is 6.10. The van der Waals surface area contributed by atoms with Crippen molar-refractivity contribution < 1.29 is 18.0 Å². The number of hydrogen-bond acceptors (Lipinski definition) is 2. The van der Waals surface area contributed by atoms with Gasteiger partial charge in [0.1, 0.15) is 0 Å². The molecular weight excluding hydrogens is 298 g/mol. The molecule has 1 heterocycles. The Morgan fingerprint density at radius 1 is 1.46 bits per heavy atom. The molecule has 0 bridgehead atoms. The highest BCUT2D eigenvalue weighted by atomic mass is 127. The van der Waals surface area contributed by atoms with Crippen LogP contribution < -0.4 is 0 Å². The molecule has 0 fully saturated rings. The lowest BCUT2D eigenvalue weighted by molar-refractivity contribution is -0.137. The monoisotopic (exact) mass is 301 g/mol. The van der Waals surface area contributed by atoms with Crippen molar-refractivity contribution in [1.82, 2.24) is 4.98 Å². The lowest BCUT2D eigenvalue weighted by atomic mass is 10.1. The van der Waals surface area contributed by atoms with Crippen LogP contribution in [-0.4, -0.2) is 8.77 Å². The van der Waals surface area contributed by atoms with Gasteiger partial charge in [-0.15, -0.1) is 0 Å². The Bertz CT molecular complexity index is 337. The first kappa shape index (κ1) is 10.4. The minimum Gasteiger partial charge on any atom is -0.282 e. The van der Waals surface area contributed by atoms with Crippen molar-refractivity contribution in [2.24, 2.45) is 0 Å². The standard InChI is InChI=1S/C7H3F3INO/c8-7(9,10)5-1-2-12-3-4(5)6(11)13/h1-3H. The summed E-state index contributed by atoms with van der Waals surface area (Å²) in [6.45, 7) is 0. The molecule has 0 aliphatic rings. The Balaban J connectivity index is 3.28. The van der Waals surface area contributed by atoms with Gasteiger partial charge in [0.05, 0.1) is 11.1 Å². The van der Waals surface area contributed by atoms with Crippen molar-refractivity contribution in [2.75, 3.05) is 0 Å².